The van der Waals surface area contributed by atoms with Gasteiger partial charge in [0.05, 0.1) is 0 Å². The lowest BCUT2D eigenvalue weighted by Crippen LogP contribution is -2.57. The van der Waals surface area contributed by atoms with Crippen molar-refractivity contribution in [1.29, 1.82) is 0 Å². The maximum atomic E-state index is 12.7. The molecule has 6 nitrogen and oxygen atoms in total. The minimum absolute atomic E-state index is 0.0620. The van der Waals surface area contributed by atoms with Crippen LogP contribution in [-0.4, -0.2) is 55.3 Å². The molecule has 2 amide bonds. The SMILES string of the molecule is CN1CC[C@H]2[C@@H](CCCN2C(=O)NCc2ccc3c(c2)OCO3)C1. The molecule has 3 aliphatic rings. The van der Waals surface area contributed by atoms with Crippen LogP contribution in [0.3, 0.4) is 0 Å². The molecule has 3 heterocycles. The van der Waals surface area contributed by atoms with Crippen molar-refractivity contribution in [1.82, 2.24) is 15.1 Å². The molecule has 0 saturated carbocycles. The van der Waals surface area contributed by atoms with Crippen LogP contribution in [0.4, 0.5) is 4.79 Å². The Morgan fingerprint density at radius 2 is 2.12 bits per heavy atom. The third kappa shape index (κ3) is 3.02. The molecule has 3 aliphatic heterocycles. The van der Waals surface area contributed by atoms with E-state index in [1.54, 1.807) is 0 Å². The van der Waals surface area contributed by atoms with Gasteiger partial charge in [-0.1, -0.05) is 6.07 Å². The summed E-state index contributed by atoms with van der Waals surface area (Å²) in [5.74, 6) is 2.15. The summed E-state index contributed by atoms with van der Waals surface area (Å²) in [6.07, 6.45) is 3.42. The highest BCUT2D eigenvalue weighted by Gasteiger charge is 2.37. The molecular weight excluding hydrogens is 306 g/mol. The molecule has 0 spiro atoms. The van der Waals surface area contributed by atoms with Crippen LogP contribution in [-0.2, 0) is 6.54 Å². The molecule has 0 aromatic heterocycles. The van der Waals surface area contributed by atoms with Crippen LogP contribution in [0.5, 0.6) is 11.5 Å². The van der Waals surface area contributed by atoms with E-state index in [0.717, 1.165) is 49.5 Å². The zero-order valence-corrected chi connectivity index (χ0v) is 14.2. The molecule has 0 unspecified atom stereocenters. The van der Waals surface area contributed by atoms with Gasteiger partial charge >= 0.3 is 6.03 Å². The third-order valence-electron chi connectivity index (χ3n) is 5.41. The zero-order chi connectivity index (χ0) is 16.5. The molecular formula is C18H25N3O3. The number of fused-ring (bicyclic) bond motifs is 2. The fourth-order valence-corrected chi connectivity index (χ4v) is 4.17. The number of ether oxygens (including phenoxy) is 2. The maximum Gasteiger partial charge on any atom is 0.317 e. The van der Waals surface area contributed by atoms with Crippen molar-refractivity contribution in [2.45, 2.75) is 31.8 Å². The van der Waals surface area contributed by atoms with E-state index in [9.17, 15) is 4.79 Å². The van der Waals surface area contributed by atoms with Gasteiger partial charge in [-0.15, -0.1) is 0 Å². The normalized spacial score (nSPS) is 26.1. The fourth-order valence-electron chi connectivity index (χ4n) is 4.17. The van der Waals surface area contributed by atoms with Crippen LogP contribution in [0.15, 0.2) is 18.2 Å². The molecule has 0 bridgehead atoms. The van der Waals surface area contributed by atoms with E-state index in [2.05, 4.69) is 22.2 Å². The molecule has 2 atom stereocenters. The standard InChI is InChI=1S/C18H25N3O3/c1-20-8-6-15-14(11-20)3-2-7-21(15)18(22)19-10-13-4-5-16-17(9-13)24-12-23-16/h4-5,9,14-15H,2-3,6-8,10-12H2,1H3,(H,19,22)/t14-,15-/m0/s1. The number of carbonyl (C=O) groups excluding carboxylic acids is 1. The largest absolute Gasteiger partial charge is 0.454 e. The van der Waals surface area contributed by atoms with Gasteiger partial charge in [-0.3, -0.25) is 0 Å². The average molecular weight is 331 g/mol. The molecule has 1 aromatic carbocycles. The fraction of sp³-hybridized carbons (Fsp3) is 0.611. The number of hydrogen-bond acceptors (Lipinski definition) is 4. The third-order valence-corrected chi connectivity index (χ3v) is 5.41. The van der Waals surface area contributed by atoms with Crippen molar-refractivity contribution in [3.05, 3.63) is 23.8 Å². The molecule has 24 heavy (non-hydrogen) atoms. The Hall–Kier alpha value is -1.95. The van der Waals surface area contributed by atoms with Crippen LogP contribution >= 0.6 is 0 Å². The number of likely N-dealkylation sites (tertiary alicyclic amines) is 2. The topological polar surface area (TPSA) is 54.0 Å². The van der Waals surface area contributed by atoms with Crippen LogP contribution in [0, 0.1) is 5.92 Å². The number of benzene rings is 1. The van der Waals surface area contributed by atoms with Gasteiger partial charge in [0, 0.05) is 25.7 Å². The second kappa shape index (κ2) is 6.51. The Morgan fingerprint density at radius 3 is 3.04 bits per heavy atom. The summed E-state index contributed by atoms with van der Waals surface area (Å²) in [5, 5.41) is 3.08. The molecule has 2 saturated heterocycles. The van der Waals surface area contributed by atoms with Gasteiger partial charge in [0.25, 0.3) is 0 Å². The average Bonchev–Trinajstić information content (AvgIpc) is 3.06. The summed E-state index contributed by atoms with van der Waals surface area (Å²) in [6, 6.07) is 6.27. The summed E-state index contributed by atoms with van der Waals surface area (Å²) >= 11 is 0. The highest BCUT2D eigenvalue weighted by atomic mass is 16.7. The molecule has 0 aliphatic carbocycles. The van der Waals surface area contributed by atoms with Crippen LogP contribution < -0.4 is 14.8 Å². The summed E-state index contributed by atoms with van der Waals surface area (Å²) in [7, 11) is 2.18. The van der Waals surface area contributed by atoms with E-state index in [4.69, 9.17) is 9.47 Å². The first kappa shape index (κ1) is 15.6. The number of piperidine rings is 2. The minimum Gasteiger partial charge on any atom is -0.454 e. The Bertz CT molecular complexity index is 622. The predicted octanol–water partition coefficient (Wildman–Crippen LogP) is 2.04. The molecule has 130 valence electrons. The van der Waals surface area contributed by atoms with Crippen LogP contribution in [0.25, 0.3) is 0 Å². The van der Waals surface area contributed by atoms with E-state index in [0.29, 0.717) is 18.5 Å². The lowest BCUT2D eigenvalue weighted by molar-refractivity contribution is 0.0532. The summed E-state index contributed by atoms with van der Waals surface area (Å²) in [5.41, 5.74) is 1.03. The van der Waals surface area contributed by atoms with E-state index >= 15 is 0 Å². The van der Waals surface area contributed by atoms with E-state index < -0.39 is 0 Å². The van der Waals surface area contributed by atoms with Crippen molar-refractivity contribution in [2.75, 3.05) is 33.5 Å². The van der Waals surface area contributed by atoms with E-state index in [-0.39, 0.29) is 12.8 Å². The first-order valence-electron chi connectivity index (χ1n) is 8.82. The lowest BCUT2D eigenvalue weighted by atomic mass is 9.84. The molecule has 1 aromatic rings. The van der Waals surface area contributed by atoms with E-state index in [1.807, 2.05) is 18.2 Å². The summed E-state index contributed by atoms with van der Waals surface area (Å²) in [4.78, 5) is 17.1. The zero-order valence-electron chi connectivity index (χ0n) is 14.2. The Kier molecular flexibility index (Phi) is 4.22. The number of urea groups is 1. The monoisotopic (exact) mass is 331 g/mol. The second-order valence-corrected chi connectivity index (χ2v) is 7.06. The van der Waals surface area contributed by atoms with Crippen molar-refractivity contribution < 1.29 is 14.3 Å². The Morgan fingerprint density at radius 1 is 1.25 bits per heavy atom. The van der Waals surface area contributed by atoms with Gasteiger partial charge in [0.2, 0.25) is 6.79 Å². The quantitative estimate of drug-likeness (QED) is 0.901. The van der Waals surface area contributed by atoms with Crippen LogP contribution in [0.1, 0.15) is 24.8 Å². The van der Waals surface area contributed by atoms with Crippen molar-refractivity contribution >= 4 is 6.03 Å². The first-order valence-corrected chi connectivity index (χ1v) is 8.82. The molecule has 0 radical (unpaired) electrons. The van der Waals surface area contributed by atoms with Crippen LogP contribution in [0.2, 0.25) is 0 Å². The Balaban J connectivity index is 1.37. The number of hydrogen-bond donors (Lipinski definition) is 1. The number of carbonyl (C=O) groups is 1. The molecule has 6 heteroatoms. The predicted molar refractivity (Wildman–Crippen MR) is 90.1 cm³/mol. The number of nitrogens with zero attached hydrogens (tertiary/aromatic N) is 2. The number of amides is 2. The maximum absolute atomic E-state index is 12.7. The first-order chi connectivity index (χ1) is 11.7. The number of nitrogens with one attached hydrogen (secondary N) is 1. The highest BCUT2D eigenvalue weighted by molar-refractivity contribution is 5.74. The molecule has 2 fully saturated rings. The van der Waals surface area contributed by atoms with Crippen molar-refractivity contribution in [3.63, 3.8) is 0 Å². The summed E-state index contributed by atoms with van der Waals surface area (Å²) < 4.78 is 10.7. The van der Waals surface area contributed by atoms with Gasteiger partial charge in [-0.2, -0.15) is 0 Å². The highest BCUT2D eigenvalue weighted by Crippen LogP contribution is 2.33. The smallest absolute Gasteiger partial charge is 0.317 e. The lowest BCUT2D eigenvalue weighted by Gasteiger charge is -2.46. The minimum atomic E-state index is 0.0620. The van der Waals surface area contributed by atoms with Crippen molar-refractivity contribution in [3.8, 4) is 11.5 Å². The van der Waals surface area contributed by atoms with Gasteiger partial charge in [0.1, 0.15) is 0 Å². The molecule has 4 rings (SSSR count). The van der Waals surface area contributed by atoms with E-state index in [1.165, 1.54) is 6.42 Å². The Labute approximate surface area is 142 Å². The molecule has 1 N–H and O–H groups in total. The second-order valence-electron chi connectivity index (χ2n) is 7.06. The van der Waals surface area contributed by atoms with Gasteiger partial charge in [0.15, 0.2) is 11.5 Å². The number of rotatable bonds is 2. The van der Waals surface area contributed by atoms with Gasteiger partial charge in [-0.05, 0) is 56.5 Å². The summed E-state index contributed by atoms with van der Waals surface area (Å²) in [6.45, 7) is 3.85. The van der Waals surface area contributed by atoms with Crippen molar-refractivity contribution in [2.24, 2.45) is 5.92 Å². The van der Waals surface area contributed by atoms with Gasteiger partial charge < -0.3 is 24.6 Å². The van der Waals surface area contributed by atoms with Gasteiger partial charge in [-0.25, -0.2) is 4.79 Å².